The average Bonchev–Trinajstić information content (AvgIpc) is 2.19. The number of aliphatic carboxylic acids is 1. The van der Waals surface area contributed by atoms with Gasteiger partial charge in [-0.3, -0.25) is 9.78 Å². The molecule has 0 bridgehead atoms. The predicted molar refractivity (Wildman–Crippen MR) is 47.0 cm³/mol. The van der Waals surface area contributed by atoms with Gasteiger partial charge in [-0.25, -0.2) is 13.2 Å². The molecule has 16 heavy (non-hydrogen) atoms. The lowest BCUT2D eigenvalue weighted by atomic mass is 10.1. The first kappa shape index (κ1) is 12.3. The summed E-state index contributed by atoms with van der Waals surface area (Å²) in [5, 5.41) is 8.48. The highest BCUT2D eigenvalue weighted by Crippen LogP contribution is 2.28. The van der Waals surface area contributed by atoms with Gasteiger partial charge in [-0.2, -0.15) is 0 Å². The molecule has 0 unspecified atom stereocenters. The lowest BCUT2D eigenvalue weighted by molar-refractivity contribution is -0.136. The van der Waals surface area contributed by atoms with Crippen LogP contribution in [0.15, 0.2) is 6.20 Å². The van der Waals surface area contributed by atoms with Gasteiger partial charge in [0.1, 0.15) is 5.69 Å². The molecule has 1 aromatic heterocycles. The molecule has 1 rings (SSSR count). The van der Waals surface area contributed by atoms with Gasteiger partial charge < -0.3 is 9.84 Å². The van der Waals surface area contributed by atoms with Crippen molar-refractivity contribution in [3.63, 3.8) is 0 Å². The van der Waals surface area contributed by atoms with Crippen LogP contribution in [0, 0.1) is 5.82 Å². The van der Waals surface area contributed by atoms with Crippen molar-refractivity contribution in [1.82, 2.24) is 4.98 Å². The smallest absolute Gasteiger partial charge is 0.308 e. The monoisotopic (exact) mass is 235 g/mol. The Balaban J connectivity index is 3.30. The molecule has 0 fully saturated rings. The van der Waals surface area contributed by atoms with E-state index in [0.29, 0.717) is 0 Å². The molecule has 0 spiro atoms. The summed E-state index contributed by atoms with van der Waals surface area (Å²) >= 11 is 0. The van der Waals surface area contributed by atoms with Crippen LogP contribution in [0.2, 0.25) is 0 Å². The van der Waals surface area contributed by atoms with Crippen LogP contribution in [0.4, 0.5) is 13.2 Å². The van der Waals surface area contributed by atoms with E-state index >= 15 is 0 Å². The molecule has 88 valence electrons. The number of nitrogens with zero attached hydrogens (tertiary/aromatic N) is 1. The lowest BCUT2D eigenvalue weighted by Gasteiger charge is -2.10. The number of hydrogen-bond donors (Lipinski definition) is 1. The maximum atomic E-state index is 13.5. The van der Waals surface area contributed by atoms with E-state index in [4.69, 9.17) is 5.11 Å². The van der Waals surface area contributed by atoms with Crippen molar-refractivity contribution in [3.05, 3.63) is 23.3 Å². The lowest BCUT2D eigenvalue weighted by Crippen LogP contribution is -2.09. The van der Waals surface area contributed by atoms with E-state index < -0.39 is 35.9 Å². The molecule has 4 nitrogen and oxygen atoms in total. The third-order valence-electron chi connectivity index (χ3n) is 1.87. The van der Waals surface area contributed by atoms with Crippen LogP contribution in [0.25, 0.3) is 0 Å². The molecule has 0 radical (unpaired) electrons. The second-order valence-corrected chi connectivity index (χ2v) is 2.88. The molecule has 0 amide bonds. The molecular weight excluding hydrogens is 227 g/mol. The number of methoxy groups -OCH3 is 1. The van der Waals surface area contributed by atoms with Gasteiger partial charge >= 0.3 is 5.97 Å². The summed E-state index contributed by atoms with van der Waals surface area (Å²) in [6.45, 7) is 0. The first-order valence-electron chi connectivity index (χ1n) is 4.18. The van der Waals surface area contributed by atoms with Crippen LogP contribution in [0.5, 0.6) is 5.75 Å². The van der Waals surface area contributed by atoms with Crippen molar-refractivity contribution in [1.29, 1.82) is 0 Å². The van der Waals surface area contributed by atoms with E-state index in [1.54, 1.807) is 0 Å². The Morgan fingerprint density at radius 1 is 1.62 bits per heavy atom. The van der Waals surface area contributed by atoms with Gasteiger partial charge in [-0.15, -0.1) is 0 Å². The molecule has 0 aromatic carbocycles. The molecule has 0 aliphatic heterocycles. The normalized spacial score (nSPS) is 10.6. The zero-order chi connectivity index (χ0) is 12.3. The van der Waals surface area contributed by atoms with E-state index in [2.05, 4.69) is 9.72 Å². The van der Waals surface area contributed by atoms with Crippen LogP contribution >= 0.6 is 0 Å². The second kappa shape index (κ2) is 4.82. The third-order valence-corrected chi connectivity index (χ3v) is 1.87. The molecule has 1 aromatic rings. The Bertz CT molecular complexity index is 409. The first-order chi connectivity index (χ1) is 7.47. The van der Waals surface area contributed by atoms with Gasteiger partial charge in [-0.05, 0) is 0 Å². The van der Waals surface area contributed by atoms with Crippen LogP contribution in [-0.2, 0) is 11.2 Å². The molecule has 1 heterocycles. The van der Waals surface area contributed by atoms with E-state index in [-0.39, 0.29) is 5.75 Å². The number of carboxylic acid groups (broad SMARTS) is 1. The van der Waals surface area contributed by atoms with Crippen molar-refractivity contribution >= 4 is 5.97 Å². The van der Waals surface area contributed by atoms with Crippen LogP contribution in [0.3, 0.4) is 0 Å². The van der Waals surface area contributed by atoms with Crippen molar-refractivity contribution in [2.75, 3.05) is 7.11 Å². The van der Waals surface area contributed by atoms with Crippen molar-refractivity contribution in [2.45, 2.75) is 12.8 Å². The van der Waals surface area contributed by atoms with Crippen LogP contribution in [0.1, 0.15) is 17.7 Å². The van der Waals surface area contributed by atoms with E-state index in [9.17, 15) is 18.0 Å². The molecular formula is C9H8F3NO3. The minimum absolute atomic E-state index is 0.361. The minimum atomic E-state index is -3.03. The molecule has 0 aliphatic carbocycles. The fourth-order valence-electron chi connectivity index (χ4n) is 1.17. The molecule has 0 atom stereocenters. The summed E-state index contributed by atoms with van der Waals surface area (Å²) < 4.78 is 42.9. The Morgan fingerprint density at radius 3 is 2.69 bits per heavy atom. The topological polar surface area (TPSA) is 59.4 Å². The summed E-state index contributed by atoms with van der Waals surface area (Å²) in [5.41, 5.74) is -1.53. The summed E-state index contributed by atoms with van der Waals surface area (Å²) in [6, 6.07) is 0. The summed E-state index contributed by atoms with van der Waals surface area (Å²) in [4.78, 5) is 13.7. The Morgan fingerprint density at radius 2 is 2.25 bits per heavy atom. The van der Waals surface area contributed by atoms with E-state index in [1.165, 1.54) is 0 Å². The maximum absolute atomic E-state index is 13.5. The Kier molecular flexibility index (Phi) is 3.70. The predicted octanol–water partition coefficient (Wildman–Crippen LogP) is 1.79. The number of rotatable bonds is 4. The highest BCUT2D eigenvalue weighted by Gasteiger charge is 2.23. The minimum Gasteiger partial charge on any atom is -0.492 e. The number of pyridine rings is 1. The number of halogens is 3. The van der Waals surface area contributed by atoms with Crippen molar-refractivity contribution < 1.29 is 27.8 Å². The fraction of sp³-hybridized carbons (Fsp3) is 0.333. The number of ether oxygens (including phenoxy) is 1. The molecule has 7 heteroatoms. The van der Waals surface area contributed by atoms with E-state index in [0.717, 1.165) is 13.3 Å². The summed E-state index contributed by atoms with van der Waals surface area (Å²) in [6.07, 6.45) is -3.10. The zero-order valence-electron chi connectivity index (χ0n) is 8.21. The fourth-order valence-corrected chi connectivity index (χ4v) is 1.17. The standard InChI is InChI=1S/C9H8F3NO3/c1-16-5-3-13-8(9(11)12)4(7(5)10)2-6(14)15/h3,9H,2H2,1H3,(H,14,15). The first-order valence-corrected chi connectivity index (χ1v) is 4.18. The maximum Gasteiger partial charge on any atom is 0.308 e. The third kappa shape index (κ3) is 2.41. The average molecular weight is 235 g/mol. The zero-order valence-corrected chi connectivity index (χ0v) is 8.21. The van der Waals surface area contributed by atoms with Crippen LogP contribution in [-0.4, -0.2) is 23.2 Å². The van der Waals surface area contributed by atoms with Gasteiger partial charge in [0.15, 0.2) is 11.6 Å². The van der Waals surface area contributed by atoms with Crippen molar-refractivity contribution in [3.8, 4) is 5.75 Å². The highest BCUT2D eigenvalue weighted by molar-refractivity contribution is 5.71. The molecule has 0 aliphatic rings. The van der Waals surface area contributed by atoms with E-state index in [1.807, 2.05) is 0 Å². The summed E-state index contributed by atoms with van der Waals surface area (Å²) in [5.74, 6) is -2.90. The second-order valence-electron chi connectivity index (χ2n) is 2.88. The number of aromatic nitrogens is 1. The Labute approximate surface area is 88.7 Å². The molecule has 0 saturated carbocycles. The number of hydrogen-bond acceptors (Lipinski definition) is 3. The van der Waals surface area contributed by atoms with Gasteiger partial charge in [-0.1, -0.05) is 0 Å². The number of carboxylic acids is 1. The van der Waals surface area contributed by atoms with Gasteiger partial charge in [0.25, 0.3) is 6.43 Å². The van der Waals surface area contributed by atoms with Crippen LogP contribution < -0.4 is 4.74 Å². The van der Waals surface area contributed by atoms with Gasteiger partial charge in [0.2, 0.25) is 0 Å². The summed E-state index contributed by atoms with van der Waals surface area (Å²) in [7, 11) is 1.13. The SMILES string of the molecule is COc1cnc(C(F)F)c(CC(=O)O)c1F. The molecule has 1 N–H and O–H groups in total. The number of alkyl halides is 2. The highest BCUT2D eigenvalue weighted by atomic mass is 19.3. The molecule has 0 saturated heterocycles. The Hall–Kier alpha value is -1.79. The van der Waals surface area contributed by atoms with Gasteiger partial charge in [0.05, 0.1) is 19.7 Å². The quantitative estimate of drug-likeness (QED) is 0.864. The van der Waals surface area contributed by atoms with Gasteiger partial charge in [0, 0.05) is 5.56 Å². The number of carbonyl (C=O) groups is 1. The largest absolute Gasteiger partial charge is 0.492 e. The van der Waals surface area contributed by atoms with Crippen molar-refractivity contribution in [2.24, 2.45) is 0 Å².